The summed E-state index contributed by atoms with van der Waals surface area (Å²) in [4.78, 5) is 34.2. The normalized spacial score (nSPS) is 10.8. The molecule has 0 aromatic heterocycles. The summed E-state index contributed by atoms with van der Waals surface area (Å²) in [5.41, 5.74) is 4.09. The Kier molecular flexibility index (Phi) is 6.15. The minimum absolute atomic E-state index is 0.102. The van der Waals surface area contributed by atoms with Crippen LogP contribution in [0.3, 0.4) is 0 Å². The molecule has 0 rings (SSSR count). The smallest absolute Gasteiger partial charge is 0.317 e. The van der Waals surface area contributed by atoms with Crippen LogP contribution < -0.4 is 11.1 Å². The third kappa shape index (κ3) is 6.07. The quantitative estimate of drug-likeness (QED) is 0.597. The first kappa shape index (κ1) is 16.2. The van der Waals surface area contributed by atoms with Gasteiger partial charge in [0.25, 0.3) is 0 Å². The van der Waals surface area contributed by atoms with Crippen molar-refractivity contribution in [1.82, 2.24) is 10.2 Å². The summed E-state index contributed by atoms with van der Waals surface area (Å²) in [6.07, 6.45) is 0.433. The molecular formula is C11H21N3O4. The Morgan fingerprint density at radius 2 is 1.89 bits per heavy atom. The van der Waals surface area contributed by atoms with Gasteiger partial charge in [0.05, 0.1) is 5.41 Å². The number of urea groups is 1. The molecular weight excluding hydrogens is 238 g/mol. The third-order valence-electron chi connectivity index (χ3n) is 2.65. The fourth-order valence-electron chi connectivity index (χ4n) is 1.10. The van der Waals surface area contributed by atoms with Crippen LogP contribution in [0.15, 0.2) is 0 Å². The molecule has 0 aliphatic carbocycles. The molecule has 7 heteroatoms. The second-order valence-corrected chi connectivity index (χ2v) is 4.81. The number of aliphatic carboxylic acids is 1. The van der Waals surface area contributed by atoms with E-state index in [1.54, 1.807) is 20.9 Å². The van der Waals surface area contributed by atoms with E-state index < -0.39 is 17.3 Å². The van der Waals surface area contributed by atoms with E-state index in [9.17, 15) is 14.4 Å². The molecule has 0 bridgehead atoms. The molecule has 3 amide bonds. The largest absolute Gasteiger partial charge is 0.481 e. The lowest BCUT2D eigenvalue weighted by molar-refractivity contribution is -0.147. The summed E-state index contributed by atoms with van der Waals surface area (Å²) >= 11 is 0. The highest BCUT2D eigenvalue weighted by atomic mass is 16.4. The Morgan fingerprint density at radius 1 is 1.33 bits per heavy atom. The number of hydrogen-bond acceptors (Lipinski definition) is 3. The summed E-state index contributed by atoms with van der Waals surface area (Å²) in [5.74, 6) is -1.37. The van der Waals surface area contributed by atoms with Crippen LogP contribution in [-0.4, -0.2) is 48.1 Å². The summed E-state index contributed by atoms with van der Waals surface area (Å²) in [6.45, 7) is 3.69. The van der Waals surface area contributed by atoms with Gasteiger partial charge in [-0.1, -0.05) is 0 Å². The number of carboxylic acids is 1. The summed E-state index contributed by atoms with van der Waals surface area (Å²) in [5, 5.41) is 11.5. The highest BCUT2D eigenvalue weighted by Gasteiger charge is 2.26. The Labute approximate surface area is 106 Å². The zero-order chi connectivity index (χ0) is 14.3. The average Bonchev–Trinajstić information content (AvgIpc) is 2.25. The molecule has 0 aromatic carbocycles. The van der Waals surface area contributed by atoms with Gasteiger partial charge < -0.3 is 21.1 Å². The zero-order valence-electron chi connectivity index (χ0n) is 11.0. The van der Waals surface area contributed by atoms with Crippen molar-refractivity contribution in [2.24, 2.45) is 11.1 Å². The topological polar surface area (TPSA) is 113 Å². The van der Waals surface area contributed by atoms with Crippen LogP contribution in [-0.2, 0) is 9.59 Å². The van der Waals surface area contributed by atoms with Crippen molar-refractivity contribution in [2.45, 2.75) is 26.7 Å². The van der Waals surface area contributed by atoms with E-state index in [0.717, 1.165) is 0 Å². The number of nitrogens with two attached hydrogens (primary N) is 1. The van der Waals surface area contributed by atoms with Gasteiger partial charge in [0, 0.05) is 26.6 Å². The summed E-state index contributed by atoms with van der Waals surface area (Å²) in [6, 6.07) is -0.350. The lowest BCUT2D eigenvalue weighted by atomic mass is 9.90. The summed E-state index contributed by atoms with van der Waals surface area (Å²) in [7, 11) is 1.54. The lowest BCUT2D eigenvalue weighted by Gasteiger charge is -2.21. The number of nitrogens with zero attached hydrogens (tertiary/aromatic N) is 1. The number of amides is 3. The highest BCUT2D eigenvalue weighted by molar-refractivity contribution is 5.77. The molecule has 7 nitrogen and oxygen atoms in total. The predicted molar refractivity (Wildman–Crippen MR) is 65.9 cm³/mol. The van der Waals surface area contributed by atoms with Gasteiger partial charge in [-0.05, 0) is 20.3 Å². The van der Waals surface area contributed by atoms with Crippen LogP contribution in [0.1, 0.15) is 26.7 Å². The van der Waals surface area contributed by atoms with Gasteiger partial charge in [0.15, 0.2) is 0 Å². The standard InChI is InChI=1S/C11H21N3O4/c1-11(2,9(16)17)5-6-13-10(18)14(3)7-4-8(12)15/h4-7H2,1-3H3,(H2,12,15)(H,13,18)(H,16,17). The number of hydrogen-bond donors (Lipinski definition) is 3. The van der Waals surface area contributed by atoms with Crippen LogP contribution in [0.5, 0.6) is 0 Å². The van der Waals surface area contributed by atoms with Crippen molar-refractivity contribution in [3.05, 3.63) is 0 Å². The molecule has 0 heterocycles. The number of carbonyl (C=O) groups excluding carboxylic acids is 2. The van der Waals surface area contributed by atoms with E-state index in [2.05, 4.69) is 5.32 Å². The van der Waals surface area contributed by atoms with Crippen LogP contribution in [0, 0.1) is 5.41 Å². The molecule has 0 spiro atoms. The molecule has 0 saturated heterocycles. The van der Waals surface area contributed by atoms with E-state index >= 15 is 0 Å². The van der Waals surface area contributed by atoms with Crippen LogP contribution in [0.2, 0.25) is 0 Å². The molecule has 0 radical (unpaired) electrons. The first-order valence-corrected chi connectivity index (χ1v) is 5.67. The number of carbonyl (C=O) groups is 3. The van der Waals surface area contributed by atoms with Gasteiger partial charge in [-0.3, -0.25) is 9.59 Å². The maximum Gasteiger partial charge on any atom is 0.317 e. The molecule has 104 valence electrons. The lowest BCUT2D eigenvalue weighted by Crippen LogP contribution is -2.40. The zero-order valence-corrected chi connectivity index (χ0v) is 11.0. The molecule has 0 atom stereocenters. The predicted octanol–water partition coefficient (Wildman–Crippen LogP) is 0.00410. The van der Waals surface area contributed by atoms with Gasteiger partial charge in [-0.15, -0.1) is 0 Å². The highest BCUT2D eigenvalue weighted by Crippen LogP contribution is 2.19. The number of carboxylic acid groups (broad SMARTS) is 1. The monoisotopic (exact) mass is 259 g/mol. The number of nitrogens with one attached hydrogen (secondary N) is 1. The van der Waals surface area contributed by atoms with Crippen molar-refractivity contribution in [3.8, 4) is 0 Å². The first-order valence-electron chi connectivity index (χ1n) is 5.67. The maximum atomic E-state index is 11.5. The minimum atomic E-state index is -0.904. The fourth-order valence-corrected chi connectivity index (χ4v) is 1.10. The van der Waals surface area contributed by atoms with Gasteiger partial charge in [0.1, 0.15) is 0 Å². The molecule has 0 aliphatic rings. The fraction of sp³-hybridized carbons (Fsp3) is 0.727. The van der Waals surface area contributed by atoms with Gasteiger partial charge in [0.2, 0.25) is 5.91 Å². The SMILES string of the molecule is CN(CCC(N)=O)C(=O)NCCC(C)(C)C(=O)O. The van der Waals surface area contributed by atoms with Crippen molar-refractivity contribution in [2.75, 3.05) is 20.1 Å². The molecule has 18 heavy (non-hydrogen) atoms. The van der Waals surface area contributed by atoms with Crippen molar-refractivity contribution in [1.29, 1.82) is 0 Å². The van der Waals surface area contributed by atoms with E-state index in [-0.39, 0.29) is 25.5 Å². The Morgan fingerprint density at radius 3 is 2.33 bits per heavy atom. The Hall–Kier alpha value is -1.79. The van der Waals surface area contributed by atoms with Crippen LogP contribution in [0.4, 0.5) is 4.79 Å². The van der Waals surface area contributed by atoms with Crippen LogP contribution >= 0.6 is 0 Å². The Bertz CT molecular complexity index is 328. The third-order valence-corrected chi connectivity index (χ3v) is 2.65. The maximum absolute atomic E-state index is 11.5. The summed E-state index contributed by atoms with van der Waals surface area (Å²) < 4.78 is 0. The van der Waals surface area contributed by atoms with Gasteiger partial charge in [-0.25, -0.2) is 4.79 Å². The second-order valence-electron chi connectivity index (χ2n) is 4.81. The van der Waals surface area contributed by atoms with Crippen LogP contribution in [0.25, 0.3) is 0 Å². The number of rotatable bonds is 7. The van der Waals surface area contributed by atoms with Gasteiger partial charge >= 0.3 is 12.0 Å². The van der Waals surface area contributed by atoms with E-state index in [4.69, 9.17) is 10.8 Å². The van der Waals surface area contributed by atoms with Crippen molar-refractivity contribution >= 4 is 17.9 Å². The molecule has 0 unspecified atom stereocenters. The first-order chi connectivity index (χ1) is 8.16. The van der Waals surface area contributed by atoms with E-state index in [1.165, 1.54) is 4.90 Å². The number of primary amides is 1. The Balaban J connectivity index is 3.97. The van der Waals surface area contributed by atoms with Crippen molar-refractivity contribution in [3.63, 3.8) is 0 Å². The van der Waals surface area contributed by atoms with Crippen molar-refractivity contribution < 1.29 is 19.5 Å². The second kappa shape index (κ2) is 6.83. The molecule has 4 N–H and O–H groups in total. The molecule has 0 fully saturated rings. The van der Waals surface area contributed by atoms with Gasteiger partial charge in [-0.2, -0.15) is 0 Å². The minimum Gasteiger partial charge on any atom is -0.481 e. The molecule has 0 aliphatic heterocycles. The molecule has 0 saturated carbocycles. The van der Waals surface area contributed by atoms with E-state index in [1.807, 2.05) is 0 Å². The average molecular weight is 259 g/mol. The van der Waals surface area contributed by atoms with E-state index in [0.29, 0.717) is 6.42 Å². The molecule has 0 aromatic rings.